The first kappa shape index (κ1) is 30.5. The molecule has 1 saturated heterocycles. The predicted molar refractivity (Wildman–Crippen MR) is 170 cm³/mol. The standard InChI is InChI=1S/C36H36N4O8/c1-17-10-19-11-23-25(13-37)40-24(29(38(23)3)27(19)33(31(17)45-5)46-15-44-4)12-22-28(34-32(47-16-48-34)18(2)30(22)41)26(40)14-39-35(42)20-8-6-7-9-21(20)36(39)43/h6-10,23-26,29,41H,11-12,14-16H2,1-5H3/t23-,24-,25-,26-,29+/m0/s1. The SMILES string of the molecule is COCOc1c(OC)c(C)cc2c1[C@H]1[C@@H]3Cc4c(O)c(C)c5c(c4[C@H](CN4C(=O)c6ccccc6C4=O)N3[C@@H](C#N)[C@H](C2)N1C)OCO5. The number of piperazine rings is 1. The summed E-state index contributed by atoms with van der Waals surface area (Å²) >= 11 is 0. The first-order chi connectivity index (χ1) is 23.2. The number of rotatable bonds is 6. The number of hydrogen-bond donors (Lipinski definition) is 1. The molecule has 3 aromatic carbocycles. The predicted octanol–water partition coefficient (Wildman–Crippen LogP) is 3.80. The summed E-state index contributed by atoms with van der Waals surface area (Å²) in [5.41, 5.74) is 5.42. The highest BCUT2D eigenvalue weighted by atomic mass is 16.7. The monoisotopic (exact) mass is 652 g/mol. The fourth-order valence-corrected chi connectivity index (χ4v) is 8.84. The van der Waals surface area contributed by atoms with Crippen molar-refractivity contribution in [2.45, 2.75) is 56.9 Å². The molecular weight excluding hydrogens is 616 g/mol. The fourth-order valence-electron chi connectivity index (χ4n) is 8.84. The van der Waals surface area contributed by atoms with Gasteiger partial charge in [-0.3, -0.25) is 24.3 Å². The van der Waals surface area contributed by atoms with Gasteiger partial charge in [-0.1, -0.05) is 18.2 Å². The summed E-state index contributed by atoms with van der Waals surface area (Å²) in [5, 5.41) is 22.7. The molecule has 48 heavy (non-hydrogen) atoms. The molecule has 5 aliphatic rings. The number of fused-ring (bicyclic) bond motifs is 10. The van der Waals surface area contributed by atoms with Crippen molar-refractivity contribution in [3.05, 3.63) is 74.8 Å². The van der Waals surface area contributed by atoms with Crippen molar-refractivity contribution in [2.24, 2.45) is 0 Å². The zero-order valence-corrected chi connectivity index (χ0v) is 27.4. The number of benzene rings is 3. The summed E-state index contributed by atoms with van der Waals surface area (Å²) in [7, 11) is 5.20. The van der Waals surface area contributed by atoms with E-state index in [0.717, 1.165) is 16.7 Å². The molecule has 5 atom stereocenters. The highest BCUT2D eigenvalue weighted by Gasteiger charge is 2.57. The van der Waals surface area contributed by atoms with Gasteiger partial charge in [0, 0.05) is 48.0 Å². The molecule has 2 bridgehead atoms. The molecule has 0 radical (unpaired) electrons. The van der Waals surface area contributed by atoms with E-state index in [0.29, 0.717) is 63.7 Å². The maximum Gasteiger partial charge on any atom is 0.261 e. The number of methoxy groups -OCH3 is 2. The summed E-state index contributed by atoms with van der Waals surface area (Å²) in [6.45, 7) is 3.69. The molecule has 2 amide bonds. The van der Waals surface area contributed by atoms with Gasteiger partial charge in [0.25, 0.3) is 11.8 Å². The number of aromatic hydroxyl groups is 1. The van der Waals surface area contributed by atoms with E-state index < -0.39 is 23.9 Å². The van der Waals surface area contributed by atoms with E-state index in [4.69, 9.17) is 23.7 Å². The first-order valence-corrected chi connectivity index (χ1v) is 16.0. The summed E-state index contributed by atoms with van der Waals surface area (Å²) in [4.78, 5) is 33.2. The molecule has 5 aliphatic heterocycles. The summed E-state index contributed by atoms with van der Waals surface area (Å²) in [6, 6.07) is 9.25. The second kappa shape index (κ2) is 11.1. The van der Waals surface area contributed by atoms with Crippen molar-refractivity contribution in [1.82, 2.24) is 14.7 Å². The lowest BCUT2D eigenvalue weighted by molar-refractivity contribution is -0.0766. The number of nitrogens with zero attached hydrogens (tertiary/aromatic N) is 4. The number of phenols is 1. The van der Waals surface area contributed by atoms with Crippen LogP contribution in [-0.4, -0.2) is 91.1 Å². The van der Waals surface area contributed by atoms with Gasteiger partial charge in [0.1, 0.15) is 11.8 Å². The van der Waals surface area contributed by atoms with Crippen molar-refractivity contribution in [2.75, 3.05) is 41.4 Å². The normalized spacial score (nSPS) is 25.2. The number of carbonyl (C=O) groups excluding carboxylic acids is 2. The topological polar surface area (TPSA) is 134 Å². The van der Waals surface area contributed by atoms with Crippen LogP contribution in [0, 0.1) is 25.2 Å². The summed E-state index contributed by atoms with van der Waals surface area (Å²) in [5.74, 6) is 1.37. The molecule has 0 aromatic heterocycles. The lowest BCUT2D eigenvalue weighted by atomic mass is 9.71. The van der Waals surface area contributed by atoms with E-state index in [1.165, 1.54) is 4.90 Å². The number of nitriles is 1. The van der Waals surface area contributed by atoms with E-state index >= 15 is 0 Å². The average Bonchev–Trinajstić information content (AvgIpc) is 3.66. The molecule has 12 nitrogen and oxygen atoms in total. The number of hydrogen-bond acceptors (Lipinski definition) is 11. The number of phenolic OH excluding ortho intramolecular Hbond substituents is 1. The van der Waals surface area contributed by atoms with Crippen molar-refractivity contribution in [3.63, 3.8) is 0 Å². The average molecular weight is 653 g/mol. The largest absolute Gasteiger partial charge is 0.507 e. The molecule has 5 heterocycles. The zero-order chi connectivity index (χ0) is 33.6. The van der Waals surface area contributed by atoms with E-state index in [1.54, 1.807) is 45.4 Å². The highest BCUT2D eigenvalue weighted by molar-refractivity contribution is 6.21. The van der Waals surface area contributed by atoms with Crippen LogP contribution in [0.2, 0.25) is 0 Å². The van der Waals surface area contributed by atoms with E-state index in [2.05, 4.69) is 21.9 Å². The van der Waals surface area contributed by atoms with Crippen LogP contribution in [0.15, 0.2) is 30.3 Å². The quantitative estimate of drug-likeness (QED) is 0.308. The number of ether oxygens (including phenoxy) is 5. The zero-order valence-electron chi connectivity index (χ0n) is 27.4. The molecule has 0 spiro atoms. The summed E-state index contributed by atoms with van der Waals surface area (Å²) in [6.07, 6.45) is 0.915. The van der Waals surface area contributed by atoms with Crippen molar-refractivity contribution in [1.29, 1.82) is 5.26 Å². The van der Waals surface area contributed by atoms with Gasteiger partial charge < -0.3 is 28.8 Å². The van der Waals surface area contributed by atoms with Crippen LogP contribution in [0.5, 0.6) is 28.7 Å². The fraction of sp³-hybridized carbons (Fsp3) is 0.417. The first-order valence-electron chi connectivity index (χ1n) is 16.0. The van der Waals surface area contributed by atoms with Crippen LogP contribution in [-0.2, 0) is 17.6 Å². The molecule has 8 rings (SSSR count). The van der Waals surface area contributed by atoms with E-state index in [1.807, 2.05) is 14.0 Å². The van der Waals surface area contributed by atoms with Gasteiger partial charge in [-0.05, 0) is 57.0 Å². The Balaban J connectivity index is 1.35. The maximum atomic E-state index is 13.8. The second-order valence-electron chi connectivity index (χ2n) is 13.1. The highest BCUT2D eigenvalue weighted by Crippen LogP contribution is 2.58. The number of amides is 2. The Bertz CT molecular complexity index is 1900. The second-order valence-corrected chi connectivity index (χ2v) is 13.1. The van der Waals surface area contributed by atoms with Gasteiger partial charge >= 0.3 is 0 Å². The van der Waals surface area contributed by atoms with Crippen LogP contribution in [0.3, 0.4) is 0 Å². The number of carbonyl (C=O) groups is 2. The van der Waals surface area contributed by atoms with Crippen molar-refractivity contribution < 1.29 is 38.4 Å². The molecule has 248 valence electrons. The van der Waals surface area contributed by atoms with Gasteiger partial charge in [0.05, 0.1) is 36.4 Å². The Hall–Kier alpha value is -4.83. The van der Waals surface area contributed by atoms with Crippen LogP contribution >= 0.6 is 0 Å². The number of aryl methyl sites for hydroxylation is 1. The minimum Gasteiger partial charge on any atom is -0.507 e. The minimum absolute atomic E-state index is 0.00990. The van der Waals surface area contributed by atoms with E-state index in [-0.39, 0.29) is 44.0 Å². The molecule has 0 aliphatic carbocycles. The van der Waals surface area contributed by atoms with Crippen LogP contribution in [0.1, 0.15) is 66.2 Å². The maximum absolute atomic E-state index is 13.8. The Labute approximate surface area is 277 Å². The van der Waals surface area contributed by atoms with Gasteiger partial charge in [0.15, 0.2) is 29.8 Å². The molecule has 0 saturated carbocycles. The van der Waals surface area contributed by atoms with Gasteiger partial charge in [-0.2, -0.15) is 5.26 Å². The Morgan fingerprint density at radius 2 is 1.71 bits per heavy atom. The summed E-state index contributed by atoms with van der Waals surface area (Å²) < 4.78 is 29.4. The third-order valence-electron chi connectivity index (χ3n) is 10.8. The lowest BCUT2D eigenvalue weighted by Gasteiger charge is -2.60. The Morgan fingerprint density at radius 3 is 2.38 bits per heavy atom. The Morgan fingerprint density at radius 1 is 1.00 bits per heavy atom. The van der Waals surface area contributed by atoms with Crippen molar-refractivity contribution in [3.8, 4) is 34.8 Å². The van der Waals surface area contributed by atoms with Crippen molar-refractivity contribution >= 4 is 11.8 Å². The van der Waals surface area contributed by atoms with Crippen LogP contribution < -0.4 is 18.9 Å². The van der Waals surface area contributed by atoms with Gasteiger partial charge in [-0.15, -0.1) is 0 Å². The molecule has 0 unspecified atom stereocenters. The third-order valence-corrected chi connectivity index (χ3v) is 10.8. The van der Waals surface area contributed by atoms with Gasteiger partial charge in [0.2, 0.25) is 6.79 Å². The molecule has 1 fully saturated rings. The Kier molecular flexibility index (Phi) is 7.07. The smallest absolute Gasteiger partial charge is 0.261 e. The van der Waals surface area contributed by atoms with Crippen LogP contribution in [0.25, 0.3) is 0 Å². The minimum atomic E-state index is -0.691. The third kappa shape index (κ3) is 4.04. The molecule has 12 heteroatoms. The van der Waals surface area contributed by atoms with E-state index in [9.17, 15) is 20.0 Å². The molecule has 1 N–H and O–H groups in total. The molecule has 3 aromatic rings. The van der Waals surface area contributed by atoms with Crippen LogP contribution in [0.4, 0.5) is 0 Å². The number of likely N-dealkylation sites (N-methyl/N-ethyl adjacent to an activating group) is 1. The molecular formula is C36H36N4O8. The van der Waals surface area contributed by atoms with Gasteiger partial charge in [-0.25, -0.2) is 0 Å². The number of imide groups is 1. The lowest BCUT2D eigenvalue weighted by Crippen LogP contribution is -2.69.